The Morgan fingerprint density at radius 1 is 1.06 bits per heavy atom. The number of anilines is 1. The van der Waals surface area contributed by atoms with Crippen molar-refractivity contribution in [2.24, 2.45) is 7.05 Å². The standard InChI is InChI=1S/C26H22N8O/c1-17(31-26(35)22-24(27)29-14-13-28-22)25-32-21-10-6-7-19(12-11-18-15-30-33(2)16-18)23(21)34(25)20-8-4-3-5-9-20/h3-10,13-17H,1-2H3,(H2,27,29)(H,31,35). The van der Waals surface area contributed by atoms with E-state index in [0.717, 1.165) is 27.8 Å². The van der Waals surface area contributed by atoms with Crippen molar-refractivity contribution >= 4 is 22.8 Å². The SMILES string of the molecule is CC(NC(=O)c1nccnc1N)c1nc2cccc(C#Cc3cnn(C)c3)c2n1-c1ccccc1. The molecular weight excluding hydrogens is 440 g/mol. The second kappa shape index (κ2) is 9.11. The third-order valence-corrected chi connectivity index (χ3v) is 5.44. The number of nitrogens with zero attached hydrogens (tertiary/aromatic N) is 6. The molecule has 5 aromatic rings. The van der Waals surface area contributed by atoms with Crippen LogP contribution in [-0.2, 0) is 7.05 Å². The maximum Gasteiger partial charge on any atom is 0.274 e. The minimum Gasteiger partial charge on any atom is -0.382 e. The lowest BCUT2D eigenvalue weighted by atomic mass is 10.1. The summed E-state index contributed by atoms with van der Waals surface area (Å²) in [7, 11) is 1.85. The van der Waals surface area contributed by atoms with Gasteiger partial charge in [0.2, 0.25) is 0 Å². The van der Waals surface area contributed by atoms with Gasteiger partial charge in [-0.2, -0.15) is 5.10 Å². The monoisotopic (exact) mass is 462 g/mol. The van der Waals surface area contributed by atoms with E-state index in [-0.39, 0.29) is 11.5 Å². The van der Waals surface area contributed by atoms with E-state index in [0.29, 0.717) is 5.82 Å². The Bertz CT molecular complexity index is 1590. The van der Waals surface area contributed by atoms with Gasteiger partial charge in [0.25, 0.3) is 5.91 Å². The molecule has 172 valence electrons. The molecule has 1 atom stereocenters. The van der Waals surface area contributed by atoms with Crippen LogP contribution < -0.4 is 11.1 Å². The number of imidazole rings is 1. The van der Waals surface area contributed by atoms with Gasteiger partial charge in [0.15, 0.2) is 11.5 Å². The zero-order valence-corrected chi connectivity index (χ0v) is 19.2. The molecule has 9 nitrogen and oxygen atoms in total. The van der Waals surface area contributed by atoms with E-state index in [1.54, 1.807) is 10.9 Å². The van der Waals surface area contributed by atoms with Gasteiger partial charge < -0.3 is 11.1 Å². The second-order valence-corrected chi connectivity index (χ2v) is 7.95. The maximum absolute atomic E-state index is 12.9. The number of amides is 1. The molecule has 3 N–H and O–H groups in total. The lowest BCUT2D eigenvalue weighted by Gasteiger charge is -2.17. The number of para-hydroxylation sites is 2. The van der Waals surface area contributed by atoms with Crippen LogP contribution in [0.25, 0.3) is 16.7 Å². The van der Waals surface area contributed by atoms with Crippen LogP contribution in [0.3, 0.4) is 0 Å². The summed E-state index contributed by atoms with van der Waals surface area (Å²) in [6.45, 7) is 1.87. The van der Waals surface area contributed by atoms with Gasteiger partial charge in [0.05, 0.1) is 34.4 Å². The summed E-state index contributed by atoms with van der Waals surface area (Å²) in [6.07, 6.45) is 6.46. The molecule has 0 saturated carbocycles. The molecule has 0 aliphatic carbocycles. The number of benzene rings is 2. The van der Waals surface area contributed by atoms with Crippen LogP contribution in [-0.4, -0.2) is 35.2 Å². The van der Waals surface area contributed by atoms with Gasteiger partial charge in [0, 0.05) is 31.3 Å². The largest absolute Gasteiger partial charge is 0.382 e. The fourth-order valence-electron chi connectivity index (χ4n) is 3.85. The number of carbonyl (C=O) groups excluding carboxylic acids is 1. The van der Waals surface area contributed by atoms with E-state index in [9.17, 15) is 4.79 Å². The van der Waals surface area contributed by atoms with Crippen LogP contribution in [0.1, 0.15) is 40.4 Å². The smallest absolute Gasteiger partial charge is 0.274 e. The molecule has 9 heteroatoms. The molecule has 3 heterocycles. The van der Waals surface area contributed by atoms with Crippen molar-refractivity contribution in [2.75, 3.05) is 5.73 Å². The van der Waals surface area contributed by atoms with Gasteiger partial charge >= 0.3 is 0 Å². The highest BCUT2D eigenvalue weighted by atomic mass is 16.2. The van der Waals surface area contributed by atoms with Crippen molar-refractivity contribution in [3.05, 3.63) is 96.0 Å². The number of hydrogen-bond acceptors (Lipinski definition) is 6. The first kappa shape index (κ1) is 21.9. The molecule has 0 fully saturated rings. The molecule has 0 aliphatic rings. The summed E-state index contributed by atoms with van der Waals surface area (Å²) < 4.78 is 3.73. The fourth-order valence-corrected chi connectivity index (χ4v) is 3.85. The number of nitrogens with one attached hydrogen (secondary N) is 1. The van der Waals surface area contributed by atoms with E-state index >= 15 is 0 Å². The number of fused-ring (bicyclic) bond motifs is 1. The third-order valence-electron chi connectivity index (χ3n) is 5.44. The summed E-state index contributed by atoms with van der Waals surface area (Å²) in [5.74, 6) is 6.74. The van der Waals surface area contributed by atoms with Crippen molar-refractivity contribution in [1.82, 2.24) is 34.6 Å². The van der Waals surface area contributed by atoms with E-state index < -0.39 is 11.9 Å². The van der Waals surface area contributed by atoms with Crippen molar-refractivity contribution in [3.63, 3.8) is 0 Å². The average Bonchev–Trinajstić information content (AvgIpc) is 3.47. The minimum absolute atomic E-state index is 0.0710. The molecule has 5 rings (SSSR count). The lowest BCUT2D eigenvalue weighted by molar-refractivity contribution is 0.0933. The quantitative estimate of drug-likeness (QED) is 0.397. The minimum atomic E-state index is -0.462. The van der Waals surface area contributed by atoms with E-state index in [1.807, 2.05) is 73.3 Å². The normalized spacial score (nSPS) is 11.6. The number of nitrogens with two attached hydrogens (primary N) is 1. The number of aryl methyl sites for hydroxylation is 1. The Morgan fingerprint density at radius 3 is 2.60 bits per heavy atom. The maximum atomic E-state index is 12.9. The zero-order valence-electron chi connectivity index (χ0n) is 19.2. The highest BCUT2D eigenvalue weighted by Gasteiger charge is 2.23. The summed E-state index contributed by atoms with van der Waals surface area (Å²) in [4.78, 5) is 25.8. The molecule has 1 amide bonds. The number of hydrogen-bond donors (Lipinski definition) is 2. The van der Waals surface area contributed by atoms with Crippen molar-refractivity contribution in [1.29, 1.82) is 0 Å². The summed E-state index contributed by atoms with van der Waals surface area (Å²) in [5.41, 5.74) is 10.1. The van der Waals surface area contributed by atoms with Gasteiger partial charge in [-0.1, -0.05) is 36.1 Å². The van der Waals surface area contributed by atoms with Crippen LogP contribution in [0.5, 0.6) is 0 Å². The fraction of sp³-hybridized carbons (Fsp3) is 0.115. The Kier molecular flexibility index (Phi) is 5.69. The predicted molar refractivity (Wildman–Crippen MR) is 133 cm³/mol. The number of carbonyl (C=O) groups is 1. The molecule has 0 radical (unpaired) electrons. The number of nitrogen functional groups attached to an aromatic ring is 1. The topological polar surface area (TPSA) is 117 Å². The molecule has 0 bridgehead atoms. The van der Waals surface area contributed by atoms with Crippen molar-refractivity contribution in [2.45, 2.75) is 13.0 Å². The Labute approximate surface area is 201 Å². The first-order chi connectivity index (χ1) is 17.0. The first-order valence-electron chi connectivity index (χ1n) is 11.0. The van der Waals surface area contributed by atoms with E-state index in [1.165, 1.54) is 12.4 Å². The Hall–Kier alpha value is -4.97. The molecule has 0 saturated heterocycles. The Balaban J connectivity index is 1.62. The zero-order chi connectivity index (χ0) is 24.4. The summed E-state index contributed by atoms with van der Waals surface area (Å²) >= 11 is 0. The molecule has 1 unspecified atom stereocenters. The third kappa shape index (κ3) is 4.32. The number of aromatic nitrogens is 6. The van der Waals surface area contributed by atoms with Crippen LogP contribution in [0.4, 0.5) is 5.82 Å². The second-order valence-electron chi connectivity index (χ2n) is 7.95. The molecule has 35 heavy (non-hydrogen) atoms. The van der Waals surface area contributed by atoms with Crippen molar-refractivity contribution in [3.8, 4) is 17.5 Å². The summed E-state index contributed by atoms with van der Waals surface area (Å²) in [6, 6.07) is 15.2. The van der Waals surface area contributed by atoms with Gasteiger partial charge in [-0.05, 0) is 31.2 Å². The van der Waals surface area contributed by atoms with Crippen LogP contribution in [0.2, 0.25) is 0 Å². The Morgan fingerprint density at radius 2 is 1.86 bits per heavy atom. The van der Waals surface area contributed by atoms with E-state index in [4.69, 9.17) is 10.7 Å². The highest BCUT2D eigenvalue weighted by molar-refractivity contribution is 5.96. The molecule has 2 aromatic carbocycles. The number of rotatable bonds is 4. The summed E-state index contributed by atoms with van der Waals surface area (Å²) in [5, 5.41) is 7.13. The molecule has 0 aliphatic heterocycles. The van der Waals surface area contributed by atoms with Crippen LogP contribution in [0, 0.1) is 11.8 Å². The van der Waals surface area contributed by atoms with Gasteiger partial charge in [0.1, 0.15) is 5.82 Å². The highest BCUT2D eigenvalue weighted by Crippen LogP contribution is 2.28. The average molecular weight is 463 g/mol. The first-order valence-corrected chi connectivity index (χ1v) is 11.0. The van der Waals surface area contributed by atoms with E-state index in [2.05, 4.69) is 32.2 Å². The van der Waals surface area contributed by atoms with Crippen LogP contribution >= 0.6 is 0 Å². The van der Waals surface area contributed by atoms with Gasteiger partial charge in [-0.3, -0.25) is 14.0 Å². The van der Waals surface area contributed by atoms with Gasteiger partial charge in [-0.25, -0.2) is 15.0 Å². The van der Waals surface area contributed by atoms with Crippen molar-refractivity contribution < 1.29 is 4.79 Å². The lowest BCUT2D eigenvalue weighted by Crippen LogP contribution is -2.30. The van der Waals surface area contributed by atoms with Gasteiger partial charge in [-0.15, -0.1) is 0 Å². The molecule has 0 spiro atoms. The molecular formula is C26H22N8O. The predicted octanol–water partition coefficient (Wildman–Crippen LogP) is 3.02. The van der Waals surface area contributed by atoms with Crippen LogP contribution in [0.15, 0.2) is 73.3 Å². The molecule has 3 aromatic heterocycles.